The molecule has 0 aliphatic heterocycles. The maximum atomic E-state index is 14.1. The van der Waals surface area contributed by atoms with E-state index in [2.05, 4.69) is 10.6 Å². The predicted molar refractivity (Wildman–Crippen MR) is 103 cm³/mol. The molecule has 3 rings (SSSR count). The quantitative estimate of drug-likeness (QED) is 0.600. The maximum Gasteiger partial charge on any atom is 0.419 e. The summed E-state index contributed by atoms with van der Waals surface area (Å²) in [6, 6.07) is 7.10. The molecule has 9 heteroatoms. The van der Waals surface area contributed by atoms with E-state index in [1.165, 1.54) is 13.2 Å². The number of rotatable bonds is 6. The van der Waals surface area contributed by atoms with Gasteiger partial charge >= 0.3 is 12.2 Å². The van der Waals surface area contributed by atoms with Crippen molar-refractivity contribution in [3.63, 3.8) is 0 Å². The van der Waals surface area contributed by atoms with Gasteiger partial charge in [0.1, 0.15) is 5.82 Å². The van der Waals surface area contributed by atoms with Gasteiger partial charge in [0.2, 0.25) is 0 Å². The molecular weight excluding hydrogens is 404 g/mol. The van der Waals surface area contributed by atoms with E-state index in [1.54, 1.807) is 18.2 Å². The molecule has 2 aromatic rings. The van der Waals surface area contributed by atoms with Crippen molar-refractivity contribution >= 4 is 11.7 Å². The van der Waals surface area contributed by atoms with Gasteiger partial charge in [0.15, 0.2) is 11.5 Å². The van der Waals surface area contributed by atoms with E-state index < -0.39 is 30.1 Å². The lowest BCUT2D eigenvalue weighted by Gasteiger charge is -2.17. The fourth-order valence-electron chi connectivity index (χ4n) is 3.32. The highest BCUT2D eigenvalue weighted by molar-refractivity contribution is 5.89. The Morgan fingerprint density at radius 2 is 1.87 bits per heavy atom. The number of methoxy groups -OCH3 is 1. The smallest absolute Gasteiger partial charge is 0.419 e. The van der Waals surface area contributed by atoms with Crippen molar-refractivity contribution < 1.29 is 31.8 Å². The van der Waals surface area contributed by atoms with Crippen LogP contribution in [0.15, 0.2) is 36.4 Å². The molecule has 1 aliphatic rings. The highest BCUT2D eigenvalue weighted by atomic mass is 19.4. The number of carbonyl (C=O) groups is 1. The van der Waals surface area contributed by atoms with E-state index in [1.807, 2.05) is 0 Å². The summed E-state index contributed by atoms with van der Waals surface area (Å²) >= 11 is 0. The van der Waals surface area contributed by atoms with Gasteiger partial charge < -0.3 is 20.1 Å². The van der Waals surface area contributed by atoms with E-state index in [0.717, 1.165) is 31.7 Å². The molecule has 0 heterocycles. The van der Waals surface area contributed by atoms with E-state index >= 15 is 0 Å². The lowest BCUT2D eigenvalue weighted by molar-refractivity contribution is -0.140. The number of hydrogen-bond donors (Lipinski definition) is 2. The summed E-state index contributed by atoms with van der Waals surface area (Å²) in [6.07, 6.45) is -0.625. The summed E-state index contributed by atoms with van der Waals surface area (Å²) in [6.45, 7) is -0.400. The number of nitrogens with one attached hydrogen (secondary N) is 2. The van der Waals surface area contributed by atoms with Crippen LogP contribution in [0, 0.1) is 5.82 Å². The minimum absolute atomic E-state index is 0.0897. The van der Waals surface area contributed by atoms with Crippen LogP contribution in [-0.2, 0) is 12.7 Å². The molecule has 30 heavy (non-hydrogen) atoms. The van der Waals surface area contributed by atoms with Gasteiger partial charge in [0.05, 0.1) is 18.8 Å². The minimum atomic E-state index is -4.80. The summed E-state index contributed by atoms with van der Waals surface area (Å²) in [4.78, 5) is 12.2. The molecule has 0 bridgehead atoms. The molecule has 0 unspecified atom stereocenters. The number of amides is 2. The SMILES string of the molecule is COc1ccc(NC(=O)NCc2cccc(C(F)(F)F)c2F)cc1OC1CCCC1. The lowest BCUT2D eigenvalue weighted by atomic mass is 10.1. The Kier molecular flexibility index (Phi) is 6.69. The zero-order chi connectivity index (χ0) is 21.7. The van der Waals surface area contributed by atoms with Crippen LogP contribution in [0.4, 0.5) is 28.0 Å². The van der Waals surface area contributed by atoms with Gasteiger partial charge in [0.25, 0.3) is 0 Å². The van der Waals surface area contributed by atoms with Crippen molar-refractivity contribution in [1.29, 1.82) is 0 Å². The standard InChI is InChI=1S/C21H22F4N2O3/c1-29-17-10-9-14(11-18(17)30-15-6-2-3-7-15)27-20(28)26-12-13-5-4-8-16(19(13)22)21(23,24)25/h4-5,8-11,15H,2-3,6-7,12H2,1H3,(H2,26,27,28). The summed E-state index contributed by atoms with van der Waals surface area (Å²) < 4.78 is 63.7. The number of hydrogen-bond acceptors (Lipinski definition) is 3. The Balaban J connectivity index is 1.64. The van der Waals surface area contributed by atoms with Crippen LogP contribution < -0.4 is 20.1 Å². The van der Waals surface area contributed by atoms with Gasteiger partial charge in [0, 0.05) is 23.9 Å². The Morgan fingerprint density at radius 1 is 1.13 bits per heavy atom. The third-order valence-corrected chi connectivity index (χ3v) is 4.84. The molecule has 0 aromatic heterocycles. The van der Waals surface area contributed by atoms with Gasteiger partial charge in [-0.2, -0.15) is 13.2 Å². The second-order valence-corrected chi connectivity index (χ2v) is 6.97. The zero-order valence-electron chi connectivity index (χ0n) is 16.3. The molecule has 1 aliphatic carbocycles. The largest absolute Gasteiger partial charge is 0.493 e. The van der Waals surface area contributed by atoms with E-state index in [9.17, 15) is 22.4 Å². The van der Waals surface area contributed by atoms with Crippen LogP contribution in [0.1, 0.15) is 36.8 Å². The normalized spacial score (nSPS) is 14.4. The van der Waals surface area contributed by atoms with Crippen molar-refractivity contribution in [2.75, 3.05) is 12.4 Å². The van der Waals surface area contributed by atoms with Gasteiger partial charge in [-0.05, 0) is 43.9 Å². The van der Waals surface area contributed by atoms with Crippen molar-refractivity contribution in [3.05, 3.63) is 53.3 Å². The number of ether oxygens (including phenoxy) is 2. The molecule has 1 fully saturated rings. The predicted octanol–water partition coefficient (Wildman–Crippen LogP) is 5.50. The maximum absolute atomic E-state index is 14.1. The molecule has 0 atom stereocenters. The van der Waals surface area contributed by atoms with Crippen LogP contribution >= 0.6 is 0 Å². The molecule has 2 N–H and O–H groups in total. The highest BCUT2D eigenvalue weighted by Crippen LogP contribution is 2.34. The first-order chi connectivity index (χ1) is 14.3. The van der Waals surface area contributed by atoms with Gasteiger partial charge in [-0.1, -0.05) is 12.1 Å². The van der Waals surface area contributed by atoms with Crippen LogP contribution in [0.3, 0.4) is 0 Å². The summed E-state index contributed by atoms with van der Waals surface area (Å²) in [5.41, 5.74) is -1.23. The van der Waals surface area contributed by atoms with Crippen LogP contribution in [-0.4, -0.2) is 19.2 Å². The monoisotopic (exact) mass is 426 g/mol. The summed E-state index contributed by atoms with van der Waals surface area (Å²) in [7, 11) is 1.51. The first-order valence-electron chi connectivity index (χ1n) is 9.52. The van der Waals surface area contributed by atoms with Gasteiger partial charge in [-0.25, -0.2) is 9.18 Å². The number of urea groups is 1. The van der Waals surface area contributed by atoms with Crippen LogP contribution in [0.25, 0.3) is 0 Å². The average Bonchev–Trinajstić information content (AvgIpc) is 3.19. The van der Waals surface area contributed by atoms with E-state index in [0.29, 0.717) is 23.3 Å². The Labute approximate surface area is 171 Å². The molecule has 0 saturated heterocycles. The molecule has 2 amide bonds. The van der Waals surface area contributed by atoms with Gasteiger partial charge in [-0.15, -0.1) is 0 Å². The molecule has 1 saturated carbocycles. The van der Waals surface area contributed by atoms with E-state index in [-0.39, 0.29) is 11.7 Å². The zero-order valence-corrected chi connectivity index (χ0v) is 16.3. The third kappa shape index (κ3) is 5.34. The fraction of sp³-hybridized carbons (Fsp3) is 0.381. The number of anilines is 1. The Hall–Kier alpha value is -2.97. The average molecular weight is 426 g/mol. The topological polar surface area (TPSA) is 59.6 Å². The van der Waals surface area contributed by atoms with Crippen molar-refractivity contribution in [1.82, 2.24) is 5.32 Å². The molecule has 0 spiro atoms. The highest BCUT2D eigenvalue weighted by Gasteiger charge is 2.34. The summed E-state index contributed by atoms with van der Waals surface area (Å²) in [5.74, 6) is -0.382. The van der Waals surface area contributed by atoms with Crippen molar-refractivity contribution in [3.8, 4) is 11.5 Å². The van der Waals surface area contributed by atoms with Crippen molar-refractivity contribution in [2.24, 2.45) is 0 Å². The first-order valence-corrected chi connectivity index (χ1v) is 9.52. The van der Waals surface area contributed by atoms with E-state index in [4.69, 9.17) is 9.47 Å². The number of halogens is 4. The second kappa shape index (κ2) is 9.23. The molecule has 2 aromatic carbocycles. The van der Waals surface area contributed by atoms with Gasteiger partial charge in [-0.3, -0.25) is 0 Å². The minimum Gasteiger partial charge on any atom is -0.493 e. The third-order valence-electron chi connectivity index (χ3n) is 4.84. The number of carbonyl (C=O) groups excluding carboxylic acids is 1. The molecule has 162 valence electrons. The van der Waals surface area contributed by atoms with Crippen LogP contribution in [0.5, 0.6) is 11.5 Å². The molecule has 0 radical (unpaired) electrons. The Bertz CT molecular complexity index is 896. The molecular formula is C21H22F4N2O3. The lowest BCUT2D eigenvalue weighted by Crippen LogP contribution is -2.29. The number of alkyl halides is 3. The first kappa shape index (κ1) is 21.7. The number of benzene rings is 2. The van der Waals surface area contributed by atoms with Crippen molar-refractivity contribution in [2.45, 2.75) is 44.5 Å². The fourth-order valence-corrected chi connectivity index (χ4v) is 3.32. The molecule has 5 nitrogen and oxygen atoms in total. The second-order valence-electron chi connectivity index (χ2n) is 6.97. The Morgan fingerprint density at radius 3 is 2.53 bits per heavy atom. The van der Waals surface area contributed by atoms with Crippen LogP contribution in [0.2, 0.25) is 0 Å². The summed E-state index contributed by atoms with van der Waals surface area (Å²) in [5, 5.41) is 4.92.